The van der Waals surface area contributed by atoms with Crippen molar-refractivity contribution in [3.8, 4) is 11.3 Å². The van der Waals surface area contributed by atoms with E-state index in [4.69, 9.17) is 16.6 Å². The highest BCUT2D eigenvalue weighted by atomic mass is 32.1. The van der Waals surface area contributed by atoms with E-state index < -0.39 is 0 Å². The summed E-state index contributed by atoms with van der Waals surface area (Å²) in [6.07, 6.45) is 0.872. The maximum Gasteiger partial charge on any atom is 0.293 e. The zero-order valence-electron chi connectivity index (χ0n) is 15.6. The summed E-state index contributed by atoms with van der Waals surface area (Å²) in [5.74, 6) is 0.492. The Kier molecular flexibility index (Phi) is 5.72. The van der Waals surface area contributed by atoms with Crippen LogP contribution in [0, 0.1) is 13.8 Å². The van der Waals surface area contributed by atoms with Gasteiger partial charge >= 0.3 is 0 Å². The number of anilines is 1. The molecule has 3 aromatic rings. The van der Waals surface area contributed by atoms with Crippen molar-refractivity contribution < 1.29 is 9.21 Å². The zero-order chi connectivity index (χ0) is 19.4. The Hall–Kier alpha value is -2.92. The van der Waals surface area contributed by atoms with Crippen LogP contribution in [0.15, 0.2) is 59.0 Å². The molecular weight excluding hydrogens is 356 g/mol. The van der Waals surface area contributed by atoms with Gasteiger partial charge in [0.1, 0.15) is 5.76 Å². The minimum atomic E-state index is -0.378. The number of thiocarbonyl (C=S) groups is 1. The maximum atomic E-state index is 12.4. The average Bonchev–Trinajstić information content (AvgIpc) is 3.14. The highest BCUT2D eigenvalue weighted by molar-refractivity contribution is 7.80. The number of carbonyl (C=O) groups is 1. The molecule has 0 fully saturated rings. The van der Waals surface area contributed by atoms with Crippen molar-refractivity contribution in [1.82, 2.24) is 5.32 Å². The van der Waals surface area contributed by atoms with Gasteiger partial charge in [0, 0.05) is 11.3 Å². The highest BCUT2D eigenvalue weighted by Gasteiger charge is 2.14. The van der Waals surface area contributed by atoms with E-state index in [0.29, 0.717) is 5.76 Å². The Bertz CT molecular complexity index is 991. The number of hydrogen-bond acceptors (Lipinski definition) is 3. The molecule has 1 amide bonds. The topological polar surface area (TPSA) is 54.3 Å². The van der Waals surface area contributed by atoms with Crippen LogP contribution < -0.4 is 10.6 Å². The fraction of sp³-hybridized carbons (Fsp3) is 0.182. The van der Waals surface area contributed by atoms with Crippen LogP contribution in [0.2, 0.25) is 0 Å². The van der Waals surface area contributed by atoms with E-state index >= 15 is 0 Å². The summed E-state index contributed by atoms with van der Waals surface area (Å²) in [6, 6.07) is 17.4. The summed E-state index contributed by atoms with van der Waals surface area (Å²) in [6.45, 7) is 6.18. The molecule has 138 valence electrons. The molecule has 0 aliphatic rings. The fourth-order valence-electron chi connectivity index (χ4n) is 2.78. The fourth-order valence-corrected chi connectivity index (χ4v) is 2.98. The zero-order valence-corrected chi connectivity index (χ0v) is 16.4. The second kappa shape index (κ2) is 8.18. The first kappa shape index (κ1) is 18.9. The molecule has 2 aromatic carbocycles. The molecule has 0 saturated heterocycles. The monoisotopic (exact) mass is 378 g/mol. The van der Waals surface area contributed by atoms with Crippen LogP contribution >= 0.6 is 12.2 Å². The van der Waals surface area contributed by atoms with Crippen molar-refractivity contribution in [3.63, 3.8) is 0 Å². The molecule has 0 saturated carbocycles. The Morgan fingerprint density at radius 2 is 1.81 bits per heavy atom. The van der Waals surface area contributed by atoms with Gasteiger partial charge in [-0.2, -0.15) is 0 Å². The second-order valence-electron chi connectivity index (χ2n) is 6.38. The normalized spacial score (nSPS) is 10.5. The summed E-state index contributed by atoms with van der Waals surface area (Å²) in [4.78, 5) is 12.4. The minimum absolute atomic E-state index is 0.219. The molecule has 3 rings (SSSR count). The number of hydrogen-bond donors (Lipinski definition) is 2. The molecule has 27 heavy (non-hydrogen) atoms. The van der Waals surface area contributed by atoms with E-state index in [2.05, 4.69) is 24.5 Å². The molecule has 1 aromatic heterocycles. The second-order valence-corrected chi connectivity index (χ2v) is 6.79. The lowest BCUT2D eigenvalue weighted by atomic mass is 10.1. The standard InChI is InChI=1S/C22H22N2O2S/c1-4-16-7-5-6-8-18(16)23-22(27)24-21(25)20-12-11-19(26-20)17-10-9-14(2)15(3)13-17/h5-13H,4H2,1-3H3,(H2,23,24,25,27). The van der Waals surface area contributed by atoms with Crippen molar-refractivity contribution in [1.29, 1.82) is 0 Å². The number of furan rings is 1. The van der Waals surface area contributed by atoms with Gasteiger partial charge in [-0.25, -0.2) is 0 Å². The number of para-hydroxylation sites is 1. The quantitative estimate of drug-likeness (QED) is 0.609. The number of rotatable bonds is 4. The summed E-state index contributed by atoms with van der Waals surface area (Å²) in [5, 5.41) is 5.98. The van der Waals surface area contributed by atoms with Crippen molar-refractivity contribution in [2.24, 2.45) is 0 Å². The predicted molar refractivity (Wildman–Crippen MR) is 113 cm³/mol. The van der Waals surface area contributed by atoms with Gasteiger partial charge in [0.15, 0.2) is 10.9 Å². The van der Waals surface area contributed by atoms with Crippen molar-refractivity contribution >= 4 is 28.9 Å². The molecule has 2 N–H and O–H groups in total. The smallest absolute Gasteiger partial charge is 0.293 e. The SMILES string of the molecule is CCc1ccccc1NC(=S)NC(=O)c1ccc(-c2ccc(C)c(C)c2)o1. The lowest BCUT2D eigenvalue weighted by molar-refractivity contribution is 0.0951. The number of benzene rings is 2. The van der Waals surface area contributed by atoms with Crippen LogP contribution in [0.4, 0.5) is 5.69 Å². The molecule has 0 radical (unpaired) electrons. The third-order valence-electron chi connectivity index (χ3n) is 4.49. The van der Waals surface area contributed by atoms with E-state index in [0.717, 1.165) is 23.2 Å². The number of carbonyl (C=O) groups excluding carboxylic acids is 1. The molecule has 5 heteroatoms. The van der Waals surface area contributed by atoms with E-state index in [-0.39, 0.29) is 16.8 Å². The van der Waals surface area contributed by atoms with Gasteiger partial charge in [0.25, 0.3) is 5.91 Å². The molecule has 4 nitrogen and oxygen atoms in total. The molecule has 0 aliphatic carbocycles. The number of aryl methyl sites for hydroxylation is 3. The van der Waals surface area contributed by atoms with E-state index in [1.807, 2.05) is 49.4 Å². The minimum Gasteiger partial charge on any atom is -0.451 e. The van der Waals surface area contributed by atoms with Gasteiger partial charge in [-0.15, -0.1) is 0 Å². The van der Waals surface area contributed by atoms with Crippen molar-refractivity contribution in [2.75, 3.05) is 5.32 Å². The van der Waals surface area contributed by atoms with Crippen molar-refractivity contribution in [2.45, 2.75) is 27.2 Å². The summed E-state index contributed by atoms with van der Waals surface area (Å²) in [7, 11) is 0. The van der Waals surface area contributed by atoms with Gasteiger partial charge in [-0.05, 0) is 73.4 Å². The van der Waals surface area contributed by atoms with Crippen LogP contribution in [0.3, 0.4) is 0 Å². The number of amides is 1. The Morgan fingerprint density at radius 3 is 2.56 bits per heavy atom. The first-order valence-corrected chi connectivity index (χ1v) is 9.26. The van der Waals surface area contributed by atoms with Crippen LogP contribution in [-0.4, -0.2) is 11.0 Å². The molecule has 0 spiro atoms. The molecule has 0 bridgehead atoms. The van der Waals surface area contributed by atoms with E-state index in [1.165, 1.54) is 11.1 Å². The van der Waals surface area contributed by atoms with E-state index in [1.54, 1.807) is 12.1 Å². The lowest BCUT2D eigenvalue weighted by Crippen LogP contribution is -2.34. The lowest BCUT2D eigenvalue weighted by Gasteiger charge is -2.12. The van der Waals surface area contributed by atoms with Gasteiger partial charge in [0.05, 0.1) is 0 Å². The van der Waals surface area contributed by atoms with Crippen LogP contribution in [-0.2, 0) is 6.42 Å². The van der Waals surface area contributed by atoms with Crippen LogP contribution in [0.1, 0.15) is 34.2 Å². The van der Waals surface area contributed by atoms with E-state index in [9.17, 15) is 4.79 Å². The molecule has 0 unspecified atom stereocenters. The summed E-state index contributed by atoms with van der Waals surface area (Å²) >= 11 is 5.27. The first-order valence-electron chi connectivity index (χ1n) is 8.85. The summed E-state index contributed by atoms with van der Waals surface area (Å²) in [5.41, 5.74) is 5.35. The Morgan fingerprint density at radius 1 is 1.04 bits per heavy atom. The largest absolute Gasteiger partial charge is 0.451 e. The Labute approximate surface area is 164 Å². The number of nitrogens with one attached hydrogen (secondary N) is 2. The average molecular weight is 378 g/mol. The highest BCUT2D eigenvalue weighted by Crippen LogP contribution is 2.24. The predicted octanol–water partition coefficient (Wildman–Crippen LogP) is 5.25. The Balaban J connectivity index is 1.68. The van der Waals surface area contributed by atoms with Gasteiger partial charge in [-0.3, -0.25) is 10.1 Å². The first-order chi connectivity index (χ1) is 13.0. The molecular formula is C22H22N2O2S. The van der Waals surface area contributed by atoms with Crippen LogP contribution in [0.5, 0.6) is 0 Å². The van der Waals surface area contributed by atoms with Crippen LogP contribution in [0.25, 0.3) is 11.3 Å². The molecule has 1 heterocycles. The van der Waals surface area contributed by atoms with Gasteiger partial charge in [-0.1, -0.05) is 37.3 Å². The third kappa shape index (κ3) is 4.44. The van der Waals surface area contributed by atoms with Gasteiger partial charge < -0.3 is 9.73 Å². The maximum absolute atomic E-state index is 12.4. The molecule has 0 aliphatic heterocycles. The molecule has 0 atom stereocenters. The van der Waals surface area contributed by atoms with Gasteiger partial charge in [0.2, 0.25) is 0 Å². The summed E-state index contributed by atoms with van der Waals surface area (Å²) < 4.78 is 5.72. The van der Waals surface area contributed by atoms with Crippen molar-refractivity contribution in [3.05, 3.63) is 77.0 Å². The third-order valence-corrected chi connectivity index (χ3v) is 4.70.